The van der Waals surface area contributed by atoms with Gasteiger partial charge in [-0.05, 0) is 13.0 Å². The number of allylic oxidation sites excluding steroid dienone is 2. The van der Waals surface area contributed by atoms with Gasteiger partial charge in [-0.15, -0.1) is 0 Å². The highest BCUT2D eigenvalue weighted by molar-refractivity contribution is 6.20. The standard InChI is InChI=1S/C7H6O4/c1-3-2-4(8)6(10)7(11)5(3)9/h2,10-11H,1H3. The van der Waals surface area contributed by atoms with Gasteiger partial charge in [0.2, 0.25) is 23.1 Å². The van der Waals surface area contributed by atoms with Crippen LogP contribution in [0.3, 0.4) is 0 Å². The number of hydrogen-bond acceptors (Lipinski definition) is 4. The lowest BCUT2D eigenvalue weighted by Crippen LogP contribution is -2.17. The van der Waals surface area contributed by atoms with Crippen molar-refractivity contribution in [2.75, 3.05) is 0 Å². The minimum absolute atomic E-state index is 0.130. The Morgan fingerprint density at radius 1 is 1.18 bits per heavy atom. The van der Waals surface area contributed by atoms with Gasteiger partial charge in [-0.1, -0.05) is 0 Å². The van der Waals surface area contributed by atoms with Crippen LogP contribution in [0.1, 0.15) is 6.92 Å². The Morgan fingerprint density at radius 2 is 1.73 bits per heavy atom. The van der Waals surface area contributed by atoms with E-state index in [9.17, 15) is 9.59 Å². The van der Waals surface area contributed by atoms with Crippen LogP contribution in [0.2, 0.25) is 0 Å². The van der Waals surface area contributed by atoms with Crippen molar-refractivity contribution in [3.05, 3.63) is 23.2 Å². The molecule has 0 aliphatic heterocycles. The van der Waals surface area contributed by atoms with E-state index in [1.807, 2.05) is 0 Å². The summed E-state index contributed by atoms with van der Waals surface area (Å²) in [6.07, 6.45) is 0.984. The Morgan fingerprint density at radius 3 is 2.27 bits per heavy atom. The average molecular weight is 154 g/mol. The first kappa shape index (κ1) is 7.53. The lowest BCUT2D eigenvalue weighted by molar-refractivity contribution is -0.119. The molecule has 0 aromatic rings. The molecule has 1 aliphatic rings. The molecule has 0 saturated carbocycles. The van der Waals surface area contributed by atoms with E-state index in [1.165, 1.54) is 6.92 Å². The molecule has 0 bridgehead atoms. The highest BCUT2D eigenvalue weighted by Gasteiger charge is 2.25. The first-order chi connectivity index (χ1) is 5.04. The molecule has 0 amide bonds. The van der Waals surface area contributed by atoms with Crippen molar-refractivity contribution in [2.24, 2.45) is 0 Å². The Labute approximate surface area is 62.5 Å². The van der Waals surface area contributed by atoms with E-state index in [0.29, 0.717) is 0 Å². The topological polar surface area (TPSA) is 74.6 Å². The monoisotopic (exact) mass is 154 g/mol. The van der Waals surface area contributed by atoms with Gasteiger partial charge in [-0.25, -0.2) is 0 Å². The van der Waals surface area contributed by atoms with E-state index in [2.05, 4.69) is 0 Å². The summed E-state index contributed by atoms with van der Waals surface area (Å²) in [6, 6.07) is 0. The fraction of sp³-hybridized carbons (Fsp3) is 0.143. The van der Waals surface area contributed by atoms with Crippen LogP contribution in [-0.2, 0) is 9.59 Å². The molecule has 11 heavy (non-hydrogen) atoms. The Balaban J connectivity index is 3.19. The van der Waals surface area contributed by atoms with Crippen LogP contribution in [0.5, 0.6) is 0 Å². The molecular weight excluding hydrogens is 148 g/mol. The van der Waals surface area contributed by atoms with Crippen LogP contribution in [0.15, 0.2) is 23.2 Å². The third-order valence-electron chi connectivity index (χ3n) is 1.38. The van der Waals surface area contributed by atoms with Crippen LogP contribution in [-0.4, -0.2) is 21.8 Å². The maximum Gasteiger partial charge on any atom is 0.227 e. The molecule has 0 fully saturated rings. The van der Waals surface area contributed by atoms with Crippen LogP contribution >= 0.6 is 0 Å². The zero-order chi connectivity index (χ0) is 8.59. The number of carbonyl (C=O) groups excluding carboxylic acids is 2. The first-order valence-corrected chi connectivity index (χ1v) is 2.93. The summed E-state index contributed by atoms with van der Waals surface area (Å²) in [4.78, 5) is 21.5. The number of aliphatic hydroxyl groups is 2. The normalized spacial score (nSPS) is 18.8. The first-order valence-electron chi connectivity index (χ1n) is 2.93. The second-order valence-electron chi connectivity index (χ2n) is 2.22. The van der Waals surface area contributed by atoms with Crippen LogP contribution in [0.4, 0.5) is 0 Å². The summed E-state index contributed by atoms with van der Waals surface area (Å²) in [5.74, 6) is -3.18. The van der Waals surface area contributed by atoms with Gasteiger partial charge in [-0.2, -0.15) is 0 Å². The Kier molecular flexibility index (Phi) is 1.53. The van der Waals surface area contributed by atoms with E-state index in [4.69, 9.17) is 10.2 Å². The number of aliphatic hydroxyl groups excluding tert-OH is 2. The fourth-order valence-electron chi connectivity index (χ4n) is 0.742. The van der Waals surface area contributed by atoms with Gasteiger partial charge in [0.25, 0.3) is 0 Å². The van der Waals surface area contributed by atoms with Crippen molar-refractivity contribution >= 4 is 11.6 Å². The maximum atomic E-state index is 10.8. The summed E-state index contributed by atoms with van der Waals surface area (Å²) in [5, 5.41) is 17.6. The highest BCUT2D eigenvalue weighted by Crippen LogP contribution is 2.14. The number of carbonyl (C=O) groups is 2. The zero-order valence-corrected chi connectivity index (χ0v) is 5.79. The lowest BCUT2D eigenvalue weighted by atomic mass is 10.0. The molecule has 4 nitrogen and oxygen atoms in total. The van der Waals surface area contributed by atoms with E-state index in [-0.39, 0.29) is 5.57 Å². The fourth-order valence-corrected chi connectivity index (χ4v) is 0.742. The number of Topliss-reactive ketones (excluding diaryl/α,β-unsaturated/α-hetero) is 1. The van der Waals surface area contributed by atoms with Gasteiger partial charge in [-0.3, -0.25) is 9.59 Å². The molecular formula is C7H6O4. The van der Waals surface area contributed by atoms with Gasteiger partial charge in [0.1, 0.15) is 0 Å². The van der Waals surface area contributed by atoms with Crippen molar-refractivity contribution in [3.63, 3.8) is 0 Å². The van der Waals surface area contributed by atoms with E-state index in [1.54, 1.807) is 0 Å². The highest BCUT2D eigenvalue weighted by atomic mass is 16.3. The summed E-state index contributed by atoms with van der Waals surface area (Å²) in [5.41, 5.74) is 0.130. The summed E-state index contributed by atoms with van der Waals surface area (Å²) in [7, 11) is 0. The van der Waals surface area contributed by atoms with Crippen LogP contribution in [0.25, 0.3) is 0 Å². The predicted octanol–water partition coefficient (Wildman–Crippen LogP) is 0.412. The molecule has 0 spiro atoms. The van der Waals surface area contributed by atoms with Crippen molar-refractivity contribution in [1.82, 2.24) is 0 Å². The third-order valence-corrected chi connectivity index (χ3v) is 1.38. The predicted molar refractivity (Wildman–Crippen MR) is 36.1 cm³/mol. The minimum Gasteiger partial charge on any atom is -0.501 e. The van der Waals surface area contributed by atoms with Crippen molar-refractivity contribution in [2.45, 2.75) is 6.92 Å². The zero-order valence-electron chi connectivity index (χ0n) is 5.79. The smallest absolute Gasteiger partial charge is 0.227 e. The van der Waals surface area contributed by atoms with Gasteiger partial charge in [0.05, 0.1) is 0 Å². The molecule has 0 aromatic carbocycles. The largest absolute Gasteiger partial charge is 0.501 e. The summed E-state index contributed by atoms with van der Waals surface area (Å²) in [6.45, 7) is 1.39. The van der Waals surface area contributed by atoms with E-state index < -0.39 is 23.1 Å². The molecule has 0 aromatic heterocycles. The van der Waals surface area contributed by atoms with Gasteiger partial charge < -0.3 is 10.2 Å². The Hall–Kier alpha value is -1.58. The van der Waals surface area contributed by atoms with Crippen LogP contribution < -0.4 is 0 Å². The maximum absolute atomic E-state index is 10.8. The van der Waals surface area contributed by atoms with Gasteiger partial charge >= 0.3 is 0 Å². The molecule has 0 atom stereocenters. The van der Waals surface area contributed by atoms with Crippen molar-refractivity contribution in [1.29, 1.82) is 0 Å². The third kappa shape index (κ3) is 1.02. The van der Waals surface area contributed by atoms with Gasteiger partial charge in [0.15, 0.2) is 0 Å². The number of rotatable bonds is 0. The molecule has 1 aliphatic carbocycles. The molecule has 0 unspecified atom stereocenters. The number of hydrogen-bond donors (Lipinski definition) is 2. The lowest BCUT2D eigenvalue weighted by Gasteiger charge is -2.06. The summed E-state index contributed by atoms with van der Waals surface area (Å²) >= 11 is 0. The van der Waals surface area contributed by atoms with E-state index >= 15 is 0 Å². The molecule has 2 N–H and O–H groups in total. The molecule has 4 heteroatoms. The Bertz CT molecular complexity index is 296. The van der Waals surface area contributed by atoms with Crippen LogP contribution in [0, 0.1) is 0 Å². The summed E-state index contributed by atoms with van der Waals surface area (Å²) < 4.78 is 0. The van der Waals surface area contributed by atoms with Crippen molar-refractivity contribution in [3.8, 4) is 0 Å². The molecule has 58 valence electrons. The SMILES string of the molecule is CC1=CC(=O)C(O)=C(O)C1=O. The van der Waals surface area contributed by atoms with Gasteiger partial charge in [0, 0.05) is 5.57 Å². The number of ketones is 2. The molecule has 0 radical (unpaired) electrons. The van der Waals surface area contributed by atoms with Crippen molar-refractivity contribution < 1.29 is 19.8 Å². The minimum atomic E-state index is -0.874. The molecule has 0 saturated heterocycles. The average Bonchev–Trinajstić information content (AvgIpc) is 1.97. The second-order valence-corrected chi connectivity index (χ2v) is 2.22. The quantitative estimate of drug-likeness (QED) is 0.495. The molecule has 0 heterocycles. The second kappa shape index (κ2) is 2.23. The molecule has 1 rings (SSSR count). The van der Waals surface area contributed by atoms with E-state index in [0.717, 1.165) is 6.08 Å².